The first-order valence-corrected chi connectivity index (χ1v) is 4.19. The molecule has 1 atom stereocenters. The Morgan fingerprint density at radius 2 is 2.33 bits per heavy atom. The van der Waals surface area contributed by atoms with Gasteiger partial charge in [-0.05, 0) is 13.8 Å². The summed E-state index contributed by atoms with van der Waals surface area (Å²) in [5.41, 5.74) is 0. The van der Waals surface area contributed by atoms with E-state index in [4.69, 9.17) is 9.84 Å². The van der Waals surface area contributed by atoms with Gasteiger partial charge in [-0.3, -0.25) is 4.79 Å². The minimum absolute atomic E-state index is 0.163. The largest absolute Gasteiger partial charge is 0.481 e. The molecule has 2 N–H and O–H groups in total. The minimum atomic E-state index is -0.772. The Hall–Kier alpha value is -0.610. The van der Waals surface area contributed by atoms with Gasteiger partial charge in [0.1, 0.15) is 0 Å². The molecule has 0 aliphatic heterocycles. The van der Waals surface area contributed by atoms with Crippen LogP contribution in [0.2, 0.25) is 0 Å². The fraction of sp³-hybridized carbons (Fsp3) is 0.875. The lowest BCUT2D eigenvalue weighted by Crippen LogP contribution is -2.32. The first-order chi connectivity index (χ1) is 5.66. The average molecular weight is 175 g/mol. The molecule has 1 unspecified atom stereocenters. The molecule has 0 heterocycles. The summed E-state index contributed by atoms with van der Waals surface area (Å²) in [6, 6.07) is 0.226. The molecule has 0 saturated carbocycles. The van der Waals surface area contributed by atoms with Gasteiger partial charge in [0.15, 0.2) is 0 Å². The van der Waals surface area contributed by atoms with Gasteiger partial charge in [-0.2, -0.15) is 0 Å². The number of rotatable bonds is 7. The molecular formula is C8H17NO3. The van der Waals surface area contributed by atoms with Crippen LogP contribution in [-0.4, -0.2) is 36.9 Å². The Morgan fingerprint density at radius 3 is 2.83 bits per heavy atom. The summed E-state index contributed by atoms with van der Waals surface area (Å²) in [6.45, 7) is 5.74. The van der Waals surface area contributed by atoms with Crippen molar-refractivity contribution in [3.05, 3.63) is 0 Å². The molecule has 0 aromatic rings. The summed E-state index contributed by atoms with van der Waals surface area (Å²) < 4.78 is 5.14. The monoisotopic (exact) mass is 175 g/mol. The summed E-state index contributed by atoms with van der Waals surface area (Å²) in [4.78, 5) is 10.1. The van der Waals surface area contributed by atoms with Gasteiger partial charge in [-0.1, -0.05) is 0 Å². The second-order valence-corrected chi connectivity index (χ2v) is 2.66. The molecule has 0 amide bonds. The second-order valence-electron chi connectivity index (χ2n) is 2.66. The highest BCUT2D eigenvalue weighted by molar-refractivity contribution is 5.66. The van der Waals surface area contributed by atoms with Gasteiger partial charge in [0.25, 0.3) is 0 Å². The molecule has 0 saturated heterocycles. The van der Waals surface area contributed by atoms with Crippen LogP contribution >= 0.6 is 0 Å². The maximum Gasteiger partial charge on any atom is 0.304 e. The van der Waals surface area contributed by atoms with Gasteiger partial charge in [-0.15, -0.1) is 0 Å². The molecule has 0 radical (unpaired) electrons. The van der Waals surface area contributed by atoms with Gasteiger partial charge in [0.05, 0.1) is 13.0 Å². The molecule has 0 aromatic heterocycles. The lowest BCUT2D eigenvalue weighted by molar-refractivity contribution is -0.136. The number of carboxylic acids is 1. The molecule has 0 rings (SSSR count). The van der Waals surface area contributed by atoms with Crippen LogP contribution in [0, 0.1) is 0 Å². The minimum Gasteiger partial charge on any atom is -0.481 e. The predicted molar refractivity (Wildman–Crippen MR) is 46.2 cm³/mol. The fourth-order valence-electron chi connectivity index (χ4n) is 0.779. The van der Waals surface area contributed by atoms with Crippen molar-refractivity contribution in [2.24, 2.45) is 0 Å². The number of carbonyl (C=O) groups is 1. The lowest BCUT2D eigenvalue weighted by atomic mass is 10.3. The molecule has 4 nitrogen and oxygen atoms in total. The van der Waals surface area contributed by atoms with Crippen LogP contribution in [-0.2, 0) is 9.53 Å². The maximum absolute atomic E-state index is 10.1. The van der Waals surface area contributed by atoms with Crippen LogP contribution in [0.25, 0.3) is 0 Å². The van der Waals surface area contributed by atoms with E-state index in [1.165, 1.54) is 0 Å². The van der Waals surface area contributed by atoms with Crippen molar-refractivity contribution >= 4 is 5.97 Å². The van der Waals surface area contributed by atoms with Crippen LogP contribution < -0.4 is 5.32 Å². The third-order valence-electron chi connectivity index (χ3n) is 1.40. The van der Waals surface area contributed by atoms with Crippen molar-refractivity contribution in [1.82, 2.24) is 5.32 Å². The Bertz CT molecular complexity index is 127. The first-order valence-electron chi connectivity index (χ1n) is 4.19. The van der Waals surface area contributed by atoms with E-state index in [9.17, 15) is 4.79 Å². The van der Waals surface area contributed by atoms with Gasteiger partial charge in [0, 0.05) is 19.2 Å². The van der Waals surface area contributed by atoms with E-state index in [0.717, 1.165) is 0 Å². The molecule has 0 aliphatic carbocycles. The molecule has 72 valence electrons. The van der Waals surface area contributed by atoms with Crippen LogP contribution in [0.5, 0.6) is 0 Å². The van der Waals surface area contributed by atoms with E-state index in [1.54, 1.807) is 0 Å². The Kier molecular flexibility index (Phi) is 6.70. The molecule has 0 aromatic carbocycles. The highest BCUT2D eigenvalue weighted by Crippen LogP contribution is 1.85. The molecule has 0 fully saturated rings. The van der Waals surface area contributed by atoms with E-state index in [0.29, 0.717) is 19.8 Å². The zero-order valence-electron chi connectivity index (χ0n) is 7.67. The number of aliphatic carboxylic acids is 1. The van der Waals surface area contributed by atoms with Crippen molar-refractivity contribution in [3.8, 4) is 0 Å². The van der Waals surface area contributed by atoms with E-state index >= 15 is 0 Å². The summed E-state index contributed by atoms with van der Waals surface area (Å²) >= 11 is 0. The number of ether oxygens (including phenoxy) is 1. The van der Waals surface area contributed by atoms with Gasteiger partial charge < -0.3 is 15.2 Å². The van der Waals surface area contributed by atoms with Crippen LogP contribution in [0.1, 0.15) is 20.3 Å². The van der Waals surface area contributed by atoms with Gasteiger partial charge in [-0.25, -0.2) is 0 Å². The third-order valence-corrected chi connectivity index (χ3v) is 1.40. The van der Waals surface area contributed by atoms with E-state index < -0.39 is 5.97 Å². The molecular weight excluding hydrogens is 158 g/mol. The van der Waals surface area contributed by atoms with Crippen molar-refractivity contribution < 1.29 is 14.6 Å². The average Bonchev–Trinajstić information content (AvgIpc) is 2.00. The van der Waals surface area contributed by atoms with Crippen molar-refractivity contribution in [2.45, 2.75) is 26.3 Å². The normalized spacial score (nSPS) is 12.8. The SMILES string of the molecule is CCOCC(C)NCCC(=O)O. The van der Waals surface area contributed by atoms with Crippen LogP contribution in [0.15, 0.2) is 0 Å². The Labute approximate surface area is 72.9 Å². The zero-order chi connectivity index (χ0) is 9.40. The smallest absolute Gasteiger partial charge is 0.304 e. The summed E-state index contributed by atoms with van der Waals surface area (Å²) in [7, 11) is 0. The number of hydrogen-bond acceptors (Lipinski definition) is 3. The van der Waals surface area contributed by atoms with Crippen LogP contribution in [0.3, 0.4) is 0 Å². The molecule has 0 aliphatic rings. The molecule has 12 heavy (non-hydrogen) atoms. The molecule has 4 heteroatoms. The number of nitrogens with one attached hydrogen (secondary N) is 1. The van der Waals surface area contributed by atoms with E-state index in [2.05, 4.69) is 5.32 Å². The summed E-state index contributed by atoms with van der Waals surface area (Å²) in [5, 5.41) is 11.4. The standard InChI is InChI=1S/C8H17NO3/c1-3-12-6-7(2)9-5-4-8(10)11/h7,9H,3-6H2,1-2H3,(H,10,11). The Balaban J connectivity index is 3.19. The lowest BCUT2D eigenvalue weighted by Gasteiger charge is -2.11. The summed E-state index contributed by atoms with van der Waals surface area (Å²) in [5.74, 6) is -0.772. The quantitative estimate of drug-likeness (QED) is 0.590. The third kappa shape index (κ3) is 7.50. The first kappa shape index (κ1) is 11.4. The van der Waals surface area contributed by atoms with Gasteiger partial charge in [0.2, 0.25) is 0 Å². The number of hydrogen-bond donors (Lipinski definition) is 2. The van der Waals surface area contributed by atoms with Crippen molar-refractivity contribution in [2.75, 3.05) is 19.8 Å². The number of carboxylic acid groups (broad SMARTS) is 1. The highest BCUT2D eigenvalue weighted by Gasteiger charge is 2.01. The topological polar surface area (TPSA) is 58.6 Å². The van der Waals surface area contributed by atoms with Crippen LogP contribution in [0.4, 0.5) is 0 Å². The predicted octanol–water partition coefficient (Wildman–Crippen LogP) is 0.476. The molecule has 0 spiro atoms. The second kappa shape index (κ2) is 7.06. The zero-order valence-corrected chi connectivity index (χ0v) is 7.67. The van der Waals surface area contributed by atoms with E-state index in [-0.39, 0.29) is 12.5 Å². The fourth-order valence-corrected chi connectivity index (χ4v) is 0.779. The Morgan fingerprint density at radius 1 is 1.67 bits per heavy atom. The summed E-state index contributed by atoms with van der Waals surface area (Å²) in [6.07, 6.45) is 0.163. The highest BCUT2D eigenvalue weighted by atomic mass is 16.5. The van der Waals surface area contributed by atoms with Gasteiger partial charge >= 0.3 is 5.97 Å². The molecule has 0 bridgehead atoms. The van der Waals surface area contributed by atoms with Crippen molar-refractivity contribution in [1.29, 1.82) is 0 Å². The maximum atomic E-state index is 10.1. The van der Waals surface area contributed by atoms with Crippen molar-refractivity contribution in [3.63, 3.8) is 0 Å². The van der Waals surface area contributed by atoms with E-state index in [1.807, 2.05) is 13.8 Å².